The second kappa shape index (κ2) is 6.58. The van der Waals surface area contributed by atoms with E-state index in [1.807, 2.05) is 30.3 Å². The summed E-state index contributed by atoms with van der Waals surface area (Å²) in [6.07, 6.45) is 2.46. The smallest absolute Gasteiger partial charge is 0.268 e. The van der Waals surface area contributed by atoms with Crippen LogP contribution in [0.2, 0.25) is 0 Å². The van der Waals surface area contributed by atoms with E-state index in [-0.39, 0.29) is 0 Å². The van der Waals surface area contributed by atoms with Gasteiger partial charge in [-0.15, -0.1) is 0 Å². The monoisotopic (exact) mass is 259 g/mol. The number of nitrogens with zero attached hydrogens (tertiary/aromatic N) is 2. The molecule has 0 saturated carbocycles. The molecule has 0 saturated heterocycles. The fourth-order valence-electron chi connectivity index (χ4n) is 1.58. The quantitative estimate of drug-likeness (QED) is 0.863. The fraction of sp³-hybridized carbons (Fsp3) is 0.286. The van der Waals surface area contributed by atoms with E-state index in [1.165, 1.54) is 6.33 Å². The zero-order valence-electron chi connectivity index (χ0n) is 11.1. The van der Waals surface area contributed by atoms with E-state index in [0.717, 1.165) is 13.0 Å². The van der Waals surface area contributed by atoms with Crippen molar-refractivity contribution in [3.8, 4) is 17.4 Å². The first-order chi connectivity index (χ1) is 9.35. The largest absolute Gasteiger partial charge is 0.489 e. The van der Waals surface area contributed by atoms with Gasteiger partial charge in [0.25, 0.3) is 5.88 Å². The van der Waals surface area contributed by atoms with Gasteiger partial charge in [-0.25, -0.2) is 4.98 Å². The van der Waals surface area contributed by atoms with Crippen LogP contribution in [0.1, 0.15) is 13.3 Å². The molecule has 100 valence electrons. The first-order valence-electron chi connectivity index (χ1n) is 6.21. The molecule has 1 heterocycles. The molecule has 0 amide bonds. The van der Waals surface area contributed by atoms with Gasteiger partial charge in [0.05, 0.1) is 7.11 Å². The van der Waals surface area contributed by atoms with Gasteiger partial charge in [0, 0.05) is 6.54 Å². The zero-order chi connectivity index (χ0) is 13.5. The first-order valence-corrected chi connectivity index (χ1v) is 6.21. The summed E-state index contributed by atoms with van der Waals surface area (Å²) in [5.41, 5.74) is 0. The van der Waals surface area contributed by atoms with Crippen LogP contribution >= 0.6 is 0 Å². The van der Waals surface area contributed by atoms with E-state index in [2.05, 4.69) is 22.2 Å². The molecule has 1 aromatic heterocycles. The maximum atomic E-state index is 5.70. The molecule has 1 aromatic carbocycles. The first kappa shape index (κ1) is 13.1. The lowest BCUT2D eigenvalue weighted by atomic mass is 10.3. The molecule has 2 aromatic rings. The third-order valence-corrected chi connectivity index (χ3v) is 2.48. The van der Waals surface area contributed by atoms with Crippen molar-refractivity contribution in [2.75, 3.05) is 19.0 Å². The summed E-state index contributed by atoms with van der Waals surface area (Å²) in [5, 5.41) is 3.18. The fourth-order valence-corrected chi connectivity index (χ4v) is 1.58. The summed E-state index contributed by atoms with van der Waals surface area (Å²) in [6, 6.07) is 9.46. The molecule has 0 unspecified atom stereocenters. The summed E-state index contributed by atoms with van der Waals surface area (Å²) >= 11 is 0. The Morgan fingerprint density at radius 3 is 2.63 bits per heavy atom. The van der Waals surface area contributed by atoms with Crippen molar-refractivity contribution in [1.29, 1.82) is 0 Å². The summed E-state index contributed by atoms with van der Waals surface area (Å²) in [7, 11) is 1.58. The Bertz CT molecular complexity index is 517. The van der Waals surface area contributed by atoms with Crippen molar-refractivity contribution in [1.82, 2.24) is 9.97 Å². The lowest BCUT2D eigenvalue weighted by Crippen LogP contribution is -2.05. The Morgan fingerprint density at radius 2 is 1.95 bits per heavy atom. The molecule has 0 spiro atoms. The average molecular weight is 259 g/mol. The number of methoxy groups -OCH3 is 1. The van der Waals surface area contributed by atoms with Gasteiger partial charge >= 0.3 is 0 Å². The maximum Gasteiger partial charge on any atom is 0.268 e. The van der Waals surface area contributed by atoms with E-state index in [1.54, 1.807) is 7.11 Å². The standard InChI is InChI=1S/C14H17N3O2/c1-3-9-15-13-12(18-2)14(17-10-16-13)19-11-7-5-4-6-8-11/h4-8,10H,3,9H2,1-2H3,(H,15,16,17). The summed E-state index contributed by atoms with van der Waals surface area (Å²) < 4.78 is 11.0. The minimum Gasteiger partial charge on any atom is -0.489 e. The number of benzene rings is 1. The molecule has 0 radical (unpaired) electrons. The second-order valence-electron chi connectivity index (χ2n) is 3.90. The van der Waals surface area contributed by atoms with Gasteiger partial charge in [0.2, 0.25) is 5.75 Å². The Morgan fingerprint density at radius 1 is 1.16 bits per heavy atom. The van der Waals surface area contributed by atoms with E-state index < -0.39 is 0 Å². The molecular weight excluding hydrogens is 242 g/mol. The van der Waals surface area contributed by atoms with E-state index in [9.17, 15) is 0 Å². The molecule has 19 heavy (non-hydrogen) atoms. The molecule has 1 N–H and O–H groups in total. The van der Waals surface area contributed by atoms with Crippen LogP contribution in [0.5, 0.6) is 17.4 Å². The van der Waals surface area contributed by atoms with Crippen molar-refractivity contribution < 1.29 is 9.47 Å². The van der Waals surface area contributed by atoms with Gasteiger partial charge in [-0.3, -0.25) is 0 Å². The molecule has 0 bridgehead atoms. The third kappa shape index (κ3) is 3.34. The second-order valence-corrected chi connectivity index (χ2v) is 3.90. The topological polar surface area (TPSA) is 56.3 Å². The van der Waals surface area contributed by atoms with Crippen LogP contribution in [0.3, 0.4) is 0 Å². The number of ether oxygens (including phenoxy) is 2. The highest BCUT2D eigenvalue weighted by molar-refractivity contribution is 5.55. The van der Waals surface area contributed by atoms with Gasteiger partial charge in [-0.2, -0.15) is 4.98 Å². The number of nitrogens with one attached hydrogen (secondary N) is 1. The highest BCUT2D eigenvalue weighted by atomic mass is 16.5. The summed E-state index contributed by atoms with van der Waals surface area (Å²) in [5.74, 6) is 2.27. The molecule has 2 rings (SSSR count). The molecule has 0 fully saturated rings. The van der Waals surface area contributed by atoms with E-state index in [0.29, 0.717) is 23.2 Å². The number of hydrogen-bond donors (Lipinski definition) is 1. The number of hydrogen-bond acceptors (Lipinski definition) is 5. The van der Waals surface area contributed by atoms with E-state index >= 15 is 0 Å². The van der Waals surface area contributed by atoms with Gasteiger partial charge < -0.3 is 14.8 Å². The minimum absolute atomic E-state index is 0.405. The predicted octanol–water partition coefficient (Wildman–Crippen LogP) is 3.10. The molecule has 5 nitrogen and oxygen atoms in total. The van der Waals surface area contributed by atoms with Crippen LogP contribution in [0, 0.1) is 0 Å². The lowest BCUT2D eigenvalue weighted by Gasteiger charge is -2.12. The van der Waals surface area contributed by atoms with Crippen molar-refractivity contribution in [2.45, 2.75) is 13.3 Å². The van der Waals surface area contributed by atoms with Crippen molar-refractivity contribution in [2.24, 2.45) is 0 Å². The van der Waals surface area contributed by atoms with Gasteiger partial charge in [-0.05, 0) is 18.6 Å². The normalized spacial score (nSPS) is 10.0. The van der Waals surface area contributed by atoms with Crippen LogP contribution in [-0.4, -0.2) is 23.6 Å². The van der Waals surface area contributed by atoms with Crippen LogP contribution in [-0.2, 0) is 0 Å². The number of aromatic nitrogens is 2. The van der Waals surface area contributed by atoms with Crippen LogP contribution in [0.4, 0.5) is 5.82 Å². The van der Waals surface area contributed by atoms with E-state index in [4.69, 9.17) is 9.47 Å². The lowest BCUT2D eigenvalue weighted by molar-refractivity contribution is 0.369. The molecular formula is C14H17N3O2. The molecule has 5 heteroatoms. The van der Waals surface area contributed by atoms with Crippen LogP contribution < -0.4 is 14.8 Å². The predicted molar refractivity (Wildman–Crippen MR) is 73.9 cm³/mol. The Labute approximate surface area is 112 Å². The van der Waals surface area contributed by atoms with Crippen molar-refractivity contribution in [3.05, 3.63) is 36.7 Å². The summed E-state index contributed by atoms with van der Waals surface area (Å²) in [6.45, 7) is 2.90. The van der Waals surface area contributed by atoms with Crippen molar-refractivity contribution in [3.63, 3.8) is 0 Å². The Hall–Kier alpha value is -2.30. The average Bonchev–Trinajstić information content (AvgIpc) is 2.46. The SMILES string of the molecule is CCCNc1ncnc(Oc2ccccc2)c1OC. The highest BCUT2D eigenvalue weighted by Crippen LogP contribution is 2.33. The Kier molecular flexibility index (Phi) is 4.55. The molecule has 0 atom stereocenters. The highest BCUT2D eigenvalue weighted by Gasteiger charge is 2.13. The number of rotatable bonds is 6. The van der Waals surface area contributed by atoms with Gasteiger partial charge in [-0.1, -0.05) is 25.1 Å². The van der Waals surface area contributed by atoms with Crippen LogP contribution in [0.25, 0.3) is 0 Å². The Balaban J connectivity index is 2.24. The minimum atomic E-state index is 0.405. The number of anilines is 1. The molecule has 0 aliphatic heterocycles. The van der Waals surface area contributed by atoms with Crippen molar-refractivity contribution >= 4 is 5.82 Å². The summed E-state index contributed by atoms with van der Waals surface area (Å²) in [4.78, 5) is 8.28. The molecule has 0 aliphatic carbocycles. The number of para-hydroxylation sites is 1. The maximum absolute atomic E-state index is 5.70. The third-order valence-electron chi connectivity index (χ3n) is 2.48. The van der Waals surface area contributed by atoms with Crippen LogP contribution in [0.15, 0.2) is 36.7 Å². The van der Waals surface area contributed by atoms with Gasteiger partial charge in [0.15, 0.2) is 5.82 Å². The zero-order valence-corrected chi connectivity index (χ0v) is 11.1. The molecule has 0 aliphatic rings. The van der Waals surface area contributed by atoms with Gasteiger partial charge in [0.1, 0.15) is 12.1 Å².